The summed E-state index contributed by atoms with van der Waals surface area (Å²) in [5, 5.41) is 14.8. The molecule has 0 unspecified atom stereocenters. The number of hydrogen-bond acceptors (Lipinski definition) is 3. The summed E-state index contributed by atoms with van der Waals surface area (Å²) in [4.78, 5) is 10.7. The molecule has 11 heteroatoms. The van der Waals surface area contributed by atoms with Gasteiger partial charge in [0.15, 0.2) is 11.5 Å². The molecular formula is C10H5F6N3O2. The average molecular weight is 313 g/mol. The second-order valence-electron chi connectivity index (χ2n) is 4.03. The SMILES string of the molecule is O=C(O)c1ccc2nnc(C(C(F)(F)F)C(F)(F)F)n2c1. The highest BCUT2D eigenvalue weighted by Gasteiger charge is 2.59. The quantitative estimate of drug-likeness (QED) is 0.866. The summed E-state index contributed by atoms with van der Waals surface area (Å²) < 4.78 is 76.3. The van der Waals surface area contributed by atoms with E-state index in [-0.39, 0.29) is 5.65 Å². The number of carboxylic acid groups (broad SMARTS) is 1. The van der Waals surface area contributed by atoms with Crippen molar-refractivity contribution in [1.29, 1.82) is 0 Å². The van der Waals surface area contributed by atoms with Crippen molar-refractivity contribution < 1.29 is 36.2 Å². The van der Waals surface area contributed by atoms with Gasteiger partial charge in [-0.25, -0.2) is 4.79 Å². The number of alkyl halides is 6. The summed E-state index contributed by atoms with van der Waals surface area (Å²) in [6, 6.07) is 1.95. The van der Waals surface area contributed by atoms with Gasteiger partial charge in [-0.2, -0.15) is 26.3 Å². The Labute approximate surface area is 111 Å². The molecule has 0 bridgehead atoms. The number of nitrogens with zero attached hydrogens (tertiary/aromatic N) is 3. The number of fused-ring (bicyclic) bond motifs is 1. The third kappa shape index (κ3) is 2.76. The van der Waals surface area contributed by atoms with Crippen LogP contribution >= 0.6 is 0 Å². The number of rotatable bonds is 2. The van der Waals surface area contributed by atoms with Crippen molar-refractivity contribution in [1.82, 2.24) is 14.6 Å². The molecule has 0 amide bonds. The van der Waals surface area contributed by atoms with E-state index in [2.05, 4.69) is 10.2 Å². The van der Waals surface area contributed by atoms with Crippen molar-refractivity contribution in [3.63, 3.8) is 0 Å². The molecule has 2 aromatic rings. The highest BCUT2D eigenvalue weighted by Crippen LogP contribution is 2.45. The first-order chi connectivity index (χ1) is 9.51. The van der Waals surface area contributed by atoms with E-state index in [1.54, 1.807) is 0 Å². The van der Waals surface area contributed by atoms with Gasteiger partial charge in [0.05, 0.1) is 5.56 Å². The van der Waals surface area contributed by atoms with Gasteiger partial charge in [-0.3, -0.25) is 4.40 Å². The van der Waals surface area contributed by atoms with E-state index in [4.69, 9.17) is 5.11 Å². The van der Waals surface area contributed by atoms with Gasteiger partial charge >= 0.3 is 18.3 Å². The van der Waals surface area contributed by atoms with Crippen molar-refractivity contribution >= 4 is 11.6 Å². The molecule has 2 rings (SSSR count). The van der Waals surface area contributed by atoms with E-state index in [0.29, 0.717) is 10.6 Å². The lowest BCUT2D eigenvalue weighted by molar-refractivity contribution is -0.255. The van der Waals surface area contributed by atoms with Crippen LogP contribution < -0.4 is 0 Å². The van der Waals surface area contributed by atoms with E-state index in [9.17, 15) is 31.1 Å². The van der Waals surface area contributed by atoms with Crippen molar-refractivity contribution in [3.05, 3.63) is 29.7 Å². The first kappa shape index (κ1) is 15.1. The summed E-state index contributed by atoms with van der Waals surface area (Å²) in [7, 11) is 0. The second-order valence-corrected chi connectivity index (χ2v) is 4.03. The molecular weight excluding hydrogens is 308 g/mol. The largest absolute Gasteiger partial charge is 0.478 e. The third-order valence-electron chi connectivity index (χ3n) is 2.59. The molecule has 2 aromatic heterocycles. The zero-order valence-electron chi connectivity index (χ0n) is 9.77. The number of aromatic carboxylic acids is 1. The zero-order valence-corrected chi connectivity index (χ0v) is 9.77. The third-order valence-corrected chi connectivity index (χ3v) is 2.59. The smallest absolute Gasteiger partial charge is 0.407 e. The Kier molecular flexibility index (Phi) is 3.30. The lowest BCUT2D eigenvalue weighted by atomic mass is 10.1. The fraction of sp³-hybridized carbons (Fsp3) is 0.300. The first-order valence-corrected chi connectivity index (χ1v) is 5.23. The molecule has 0 atom stereocenters. The molecule has 2 heterocycles. The van der Waals surface area contributed by atoms with E-state index < -0.39 is 35.6 Å². The van der Waals surface area contributed by atoms with Gasteiger partial charge in [0, 0.05) is 6.20 Å². The topological polar surface area (TPSA) is 67.5 Å². The highest BCUT2D eigenvalue weighted by atomic mass is 19.4. The molecule has 21 heavy (non-hydrogen) atoms. The molecule has 0 saturated heterocycles. The Balaban J connectivity index is 2.69. The molecule has 0 aliphatic carbocycles. The highest BCUT2D eigenvalue weighted by molar-refractivity contribution is 5.87. The van der Waals surface area contributed by atoms with E-state index in [1.807, 2.05) is 0 Å². The Bertz CT molecular complexity index is 676. The van der Waals surface area contributed by atoms with Gasteiger partial charge in [0.2, 0.25) is 5.92 Å². The van der Waals surface area contributed by atoms with Gasteiger partial charge < -0.3 is 5.11 Å². The Hall–Kier alpha value is -2.33. The van der Waals surface area contributed by atoms with Gasteiger partial charge in [0.25, 0.3) is 0 Å². The second kappa shape index (κ2) is 4.60. The van der Waals surface area contributed by atoms with Crippen LogP contribution in [0.4, 0.5) is 26.3 Å². The molecule has 0 saturated carbocycles. The van der Waals surface area contributed by atoms with Gasteiger partial charge in [-0.15, -0.1) is 10.2 Å². The van der Waals surface area contributed by atoms with Crippen molar-refractivity contribution in [3.8, 4) is 0 Å². The van der Waals surface area contributed by atoms with Crippen LogP contribution in [0.5, 0.6) is 0 Å². The summed E-state index contributed by atoms with van der Waals surface area (Å²) >= 11 is 0. The molecule has 5 nitrogen and oxygen atoms in total. The number of pyridine rings is 1. The lowest BCUT2D eigenvalue weighted by Gasteiger charge is -2.21. The van der Waals surface area contributed by atoms with E-state index in [1.165, 1.54) is 0 Å². The predicted molar refractivity (Wildman–Crippen MR) is 54.8 cm³/mol. The fourth-order valence-electron chi connectivity index (χ4n) is 1.71. The molecule has 0 aliphatic heterocycles. The normalized spacial score (nSPS) is 13.1. The standard InChI is InChI=1S/C10H5F6N3O2/c11-9(12,13)6(10(14,15)16)7-18-17-5-2-1-4(8(20)21)3-19(5)7/h1-3,6H,(H,20,21). The number of carbonyl (C=O) groups is 1. The molecule has 0 radical (unpaired) electrons. The minimum absolute atomic E-state index is 0.325. The summed E-state index contributed by atoms with van der Waals surface area (Å²) in [6.45, 7) is 0. The van der Waals surface area contributed by atoms with Crippen molar-refractivity contribution in [2.24, 2.45) is 0 Å². The molecule has 0 spiro atoms. The number of aromatic nitrogens is 3. The molecule has 1 N–H and O–H groups in total. The van der Waals surface area contributed by atoms with Crippen LogP contribution in [0.2, 0.25) is 0 Å². The Morgan fingerprint density at radius 2 is 1.67 bits per heavy atom. The first-order valence-electron chi connectivity index (χ1n) is 5.23. The van der Waals surface area contributed by atoms with Crippen LogP contribution in [0.1, 0.15) is 22.1 Å². The minimum Gasteiger partial charge on any atom is -0.478 e. The summed E-state index contributed by atoms with van der Waals surface area (Å²) in [6.07, 6.45) is -10.7. The number of hydrogen-bond donors (Lipinski definition) is 1. The van der Waals surface area contributed by atoms with Crippen LogP contribution in [-0.4, -0.2) is 38.0 Å². The van der Waals surface area contributed by atoms with E-state index >= 15 is 0 Å². The zero-order chi connectivity index (χ0) is 16.0. The van der Waals surface area contributed by atoms with Crippen molar-refractivity contribution in [2.45, 2.75) is 18.3 Å². The van der Waals surface area contributed by atoms with Crippen LogP contribution in [-0.2, 0) is 0 Å². The summed E-state index contributed by atoms with van der Waals surface area (Å²) in [5.74, 6) is -6.80. The monoisotopic (exact) mass is 313 g/mol. The van der Waals surface area contributed by atoms with Gasteiger partial charge in [-0.1, -0.05) is 0 Å². The molecule has 114 valence electrons. The maximum Gasteiger partial charge on any atom is 0.407 e. The van der Waals surface area contributed by atoms with Gasteiger partial charge in [0.1, 0.15) is 0 Å². The van der Waals surface area contributed by atoms with E-state index in [0.717, 1.165) is 12.1 Å². The summed E-state index contributed by atoms with van der Waals surface area (Å²) in [5.41, 5.74) is -0.819. The molecule has 0 aromatic carbocycles. The maximum atomic E-state index is 12.6. The van der Waals surface area contributed by atoms with Gasteiger partial charge in [-0.05, 0) is 12.1 Å². The fourth-order valence-corrected chi connectivity index (χ4v) is 1.71. The number of halogens is 6. The molecule has 0 fully saturated rings. The minimum atomic E-state index is -5.64. The van der Waals surface area contributed by atoms with Crippen LogP contribution in [0, 0.1) is 0 Å². The average Bonchev–Trinajstić information content (AvgIpc) is 2.68. The Morgan fingerprint density at radius 3 is 2.14 bits per heavy atom. The van der Waals surface area contributed by atoms with Crippen LogP contribution in [0.25, 0.3) is 5.65 Å². The molecule has 0 aliphatic rings. The lowest BCUT2D eigenvalue weighted by Crippen LogP contribution is -2.35. The van der Waals surface area contributed by atoms with Crippen molar-refractivity contribution in [2.75, 3.05) is 0 Å². The van der Waals surface area contributed by atoms with Crippen LogP contribution in [0.3, 0.4) is 0 Å². The predicted octanol–water partition coefficient (Wildman–Crippen LogP) is 2.64. The number of carboxylic acids is 1. The Morgan fingerprint density at radius 1 is 1.10 bits per heavy atom. The maximum absolute atomic E-state index is 12.6. The van der Waals surface area contributed by atoms with Crippen LogP contribution in [0.15, 0.2) is 18.3 Å².